The van der Waals surface area contributed by atoms with Gasteiger partial charge < -0.3 is 4.74 Å². The van der Waals surface area contributed by atoms with E-state index in [1.54, 1.807) is 6.07 Å². The molecule has 1 aliphatic rings. The van der Waals surface area contributed by atoms with E-state index in [9.17, 15) is 13.2 Å². The van der Waals surface area contributed by atoms with E-state index in [4.69, 9.17) is 5.26 Å². The lowest BCUT2D eigenvalue weighted by atomic mass is 9.93. The maximum Gasteiger partial charge on any atom is 0.323 e. The Hall–Kier alpha value is -1.09. The van der Waals surface area contributed by atoms with Gasteiger partial charge in [-0.1, -0.05) is 0 Å². The van der Waals surface area contributed by atoms with E-state index in [2.05, 4.69) is 4.74 Å². The molecule has 5 nitrogen and oxygen atoms in total. The molecule has 0 N–H and O–H groups in total. The van der Waals surface area contributed by atoms with Crippen molar-refractivity contribution in [2.75, 3.05) is 18.6 Å². The fourth-order valence-corrected chi connectivity index (χ4v) is 3.40. The van der Waals surface area contributed by atoms with Gasteiger partial charge in [0.05, 0.1) is 24.7 Å². The highest BCUT2D eigenvalue weighted by Crippen LogP contribution is 2.26. The third-order valence-electron chi connectivity index (χ3n) is 2.33. The molecule has 0 aromatic carbocycles. The van der Waals surface area contributed by atoms with Crippen LogP contribution in [0.15, 0.2) is 0 Å². The van der Waals surface area contributed by atoms with E-state index >= 15 is 0 Å². The molecule has 14 heavy (non-hydrogen) atoms. The van der Waals surface area contributed by atoms with Crippen LogP contribution in [0.4, 0.5) is 0 Å². The van der Waals surface area contributed by atoms with Gasteiger partial charge in [-0.15, -0.1) is 0 Å². The quantitative estimate of drug-likeness (QED) is 0.595. The lowest BCUT2D eigenvalue weighted by Gasteiger charge is -2.11. The lowest BCUT2D eigenvalue weighted by Crippen LogP contribution is -2.24. The summed E-state index contributed by atoms with van der Waals surface area (Å²) in [5, 5.41) is 8.71. The van der Waals surface area contributed by atoms with Crippen LogP contribution in [0.1, 0.15) is 6.42 Å². The fourth-order valence-electron chi connectivity index (χ4n) is 1.56. The molecule has 0 saturated carbocycles. The third kappa shape index (κ3) is 2.23. The summed E-state index contributed by atoms with van der Waals surface area (Å²) in [6, 6.07) is 1.79. The van der Waals surface area contributed by atoms with E-state index in [-0.39, 0.29) is 11.5 Å². The number of ether oxygens (including phenoxy) is 1. The van der Waals surface area contributed by atoms with Crippen LogP contribution in [0.3, 0.4) is 0 Å². The van der Waals surface area contributed by atoms with Crippen LogP contribution in [0.2, 0.25) is 0 Å². The molecule has 0 spiro atoms. The highest BCUT2D eigenvalue weighted by molar-refractivity contribution is 7.91. The fraction of sp³-hybridized carbons (Fsp3) is 0.750. The largest absolute Gasteiger partial charge is 0.468 e. The van der Waals surface area contributed by atoms with Crippen LogP contribution in [-0.4, -0.2) is 33.0 Å². The number of nitriles is 1. The molecule has 2 atom stereocenters. The first-order valence-electron chi connectivity index (χ1n) is 4.18. The predicted molar refractivity (Wildman–Crippen MR) is 47.9 cm³/mol. The molecule has 0 aromatic rings. The Kier molecular flexibility index (Phi) is 3.11. The lowest BCUT2D eigenvalue weighted by molar-refractivity contribution is -0.144. The number of esters is 1. The first-order chi connectivity index (χ1) is 6.50. The van der Waals surface area contributed by atoms with Crippen molar-refractivity contribution in [2.45, 2.75) is 6.42 Å². The molecule has 1 rings (SSSR count). The van der Waals surface area contributed by atoms with Gasteiger partial charge in [-0.3, -0.25) is 4.79 Å². The molecule has 0 amide bonds. The topological polar surface area (TPSA) is 84.2 Å². The molecule has 1 fully saturated rings. The van der Waals surface area contributed by atoms with Crippen LogP contribution in [0, 0.1) is 23.2 Å². The van der Waals surface area contributed by atoms with Crippen molar-refractivity contribution in [1.29, 1.82) is 5.26 Å². The smallest absolute Gasteiger partial charge is 0.323 e. The predicted octanol–water partition coefficient (Wildman–Crippen LogP) is -0.266. The van der Waals surface area contributed by atoms with E-state index < -0.39 is 27.6 Å². The van der Waals surface area contributed by atoms with E-state index in [1.165, 1.54) is 7.11 Å². The molecule has 0 aromatic heterocycles. The van der Waals surface area contributed by atoms with Crippen molar-refractivity contribution in [2.24, 2.45) is 11.8 Å². The van der Waals surface area contributed by atoms with Crippen LogP contribution in [0.5, 0.6) is 0 Å². The summed E-state index contributed by atoms with van der Waals surface area (Å²) in [4.78, 5) is 11.1. The van der Waals surface area contributed by atoms with Gasteiger partial charge in [0.2, 0.25) is 0 Å². The normalized spacial score (nSPS) is 26.4. The summed E-state index contributed by atoms with van der Waals surface area (Å²) in [6.07, 6.45) is 0.371. The Morgan fingerprint density at radius 2 is 2.29 bits per heavy atom. The Morgan fingerprint density at radius 3 is 2.64 bits per heavy atom. The van der Waals surface area contributed by atoms with Crippen molar-refractivity contribution in [3.05, 3.63) is 0 Å². The van der Waals surface area contributed by atoms with E-state index in [0.717, 1.165) is 0 Å². The van der Waals surface area contributed by atoms with E-state index in [0.29, 0.717) is 6.42 Å². The van der Waals surface area contributed by atoms with Crippen molar-refractivity contribution < 1.29 is 17.9 Å². The second-order valence-electron chi connectivity index (χ2n) is 3.29. The first kappa shape index (κ1) is 11.0. The maximum absolute atomic E-state index is 11.1. The zero-order valence-corrected chi connectivity index (χ0v) is 8.58. The molecule has 1 heterocycles. The Bertz CT molecular complexity index is 367. The van der Waals surface area contributed by atoms with Crippen molar-refractivity contribution in [3.8, 4) is 6.07 Å². The minimum absolute atomic E-state index is 0.0623. The van der Waals surface area contributed by atoms with Gasteiger partial charge in [0.1, 0.15) is 5.92 Å². The Labute approximate surface area is 82.6 Å². The number of nitrogens with zero attached hydrogens (tertiary/aromatic N) is 1. The van der Waals surface area contributed by atoms with Crippen molar-refractivity contribution >= 4 is 15.8 Å². The maximum atomic E-state index is 11.1. The van der Waals surface area contributed by atoms with Crippen LogP contribution in [0.25, 0.3) is 0 Å². The number of carbonyl (C=O) groups excluding carboxylic acids is 1. The standard InChI is InChI=1S/C8H11NO4S/c1-13-8(10)7(4-9)6-2-3-14(11,12)5-6/h6-7H,2-3,5H2,1H3. The number of rotatable bonds is 2. The summed E-state index contributed by atoms with van der Waals surface area (Å²) in [6.45, 7) is 0. The second-order valence-corrected chi connectivity index (χ2v) is 5.52. The molecular formula is C8H11NO4S. The van der Waals surface area contributed by atoms with Crippen LogP contribution < -0.4 is 0 Å². The van der Waals surface area contributed by atoms with Gasteiger partial charge in [0.15, 0.2) is 9.84 Å². The zero-order valence-electron chi connectivity index (χ0n) is 7.76. The van der Waals surface area contributed by atoms with Gasteiger partial charge in [0.25, 0.3) is 0 Å². The molecule has 0 radical (unpaired) electrons. The van der Waals surface area contributed by atoms with Gasteiger partial charge in [-0.25, -0.2) is 8.42 Å². The monoisotopic (exact) mass is 217 g/mol. The second kappa shape index (κ2) is 3.96. The molecule has 0 aliphatic carbocycles. The van der Waals surface area contributed by atoms with Crippen molar-refractivity contribution in [1.82, 2.24) is 0 Å². The van der Waals surface area contributed by atoms with Crippen molar-refractivity contribution in [3.63, 3.8) is 0 Å². The first-order valence-corrected chi connectivity index (χ1v) is 6.00. The SMILES string of the molecule is COC(=O)C(C#N)C1CCS(=O)(=O)C1. The molecule has 2 unspecified atom stereocenters. The molecular weight excluding hydrogens is 206 g/mol. The highest BCUT2D eigenvalue weighted by atomic mass is 32.2. The Morgan fingerprint density at radius 1 is 1.64 bits per heavy atom. The van der Waals surface area contributed by atoms with Crippen LogP contribution in [-0.2, 0) is 19.4 Å². The van der Waals surface area contributed by atoms with Crippen LogP contribution >= 0.6 is 0 Å². The molecule has 1 aliphatic heterocycles. The van der Waals surface area contributed by atoms with Gasteiger partial charge in [0, 0.05) is 5.92 Å². The summed E-state index contributed by atoms with van der Waals surface area (Å²) >= 11 is 0. The van der Waals surface area contributed by atoms with Gasteiger partial charge in [-0.2, -0.15) is 5.26 Å². The molecule has 78 valence electrons. The number of hydrogen-bond acceptors (Lipinski definition) is 5. The number of sulfone groups is 1. The minimum Gasteiger partial charge on any atom is -0.468 e. The average Bonchev–Trinajstić information content (AvgIpc) is 2.47. The van der Waals surface area contributed by atoms with Gasteiger partial charge in [-0.05, 0) is 6.42 Å². The summed E-state index contributed by atoms with van der Waals surface area (Å²) < 4.78 is 26.6. The summed E-state index contributed by atoms with van der Waals surface area (Å²) in [5.41, 5.74) is 0. The number of carbonyl (C=O) groups is 1. The number of methoxy groups -OCH3 is 1. The molecule has 1 saturated heterocycles. The third-order valence-corrected chi connectivity index (χ3v) is 4.13. The average molecular weight is 217 g/mol. The van der Waals surface area contributed by atoms with Gasteiger partial charge >= 0.3 is 5.97 Å². The zero-order chi connectivity index (χ0) is 10.8. The van der Waals surface area contributed by atoms with E-state index in [1.807, 2.05) is 0 Å². The highest BCUT2D eigenvalue weighted by Gasteiger charge is 2.37. The summed E-state index contributed by atoms with van der Waals surface area (Å²) in [7, 11) is -1.86. The summed E-state index contributed by atoms with van der Waals surface area (Å²) in [5.74, 6) is -2.02. The minimum atomic E-state index is -3.05. The molecule has 0 bridgehead atoms. The Balaban J connectivity index is 2.75. The molecule has 6 heteroatoms. The number of hydrogen-bond donors (Lipinski definition) is 0.